The Balaban J connectivity index is 1.81. The second kappa shape index (κ2) is 11.4. The average molecular weight is 560 g/mol. The van der Waals surface area contributed by atoms with E-state index < -0.39 is 29.9 Å². The van der Waals surface area contributed by atoms with Crippen molar-refractivity contribution in [1.82, 2.24) is 15.3 Å². The van der Waals surface area contributed by atoms with Gasteiger partial charge < -0.3 is 10.1 Å². The van der Waals surface area contributed by atoms with E-state index in [1.165, 1.54) is 12.1 Å². The maximum Gasteiger partial charge on any atom is 0.451 e. The lowest BCUT2D eigenvalue weighted by Crippen LogP contribution is -2.45. The van der Waals surface area contributed by atoms with Crippen LogP contribution in [0.2, 0.25) is 5.02 Å². The summed E-state index contributed by atoms with van der Waals surface area (Å²) in [6, 6.07) is 15.2. The van der Waals surface area contributed by atoms with Gasteiger partial charge in [0.25, 0.3) is 5.91 Å². The predicted octanol–water partition coefficient (Wildman–Crippen LogP) is 5.08. The van der Waals surface area contributed by atoms with Crippen molar-refractivity contribution in [3.05, 3.63) is 88.3 Å². The molecule has 0 saturated heterocycles. The van der Waals surface area contributed by atoms with Gasteiger partial charge in [0.1, 0.15) is 11.6 Å². The third-order valence-electron chi connectivity index (χ3n) is 6.18. The number of ether oxygens (including phenoxy) is 1. The highest BCUT2D eigenvalue weighted by atomic mass is 35.5. The Labute approximate surface area is 227 Å². The summed E-state index contributed by atoms with van der Waals surface area (Å²) in [7, 11) is 1.18. The Bertz CT molecular complexity index is 1380. The molecular weight excluding hydrogens is 535 g/mol. The fourth-order valence-corrected chi connectivity index (χ4v) is 4.30. The molecule has 204 valence electrons. The number of anilines is 1. The number of hydrazone groups is 1. The Kier molecular flexibility index (Phi) is 8.19. The van der Waals surface area contributed by atoms with Crippen molar-refractivity contribution >= 4 is 35.0 Å². The molecule has 1 amide bonds. The molecular formula is C27H25ClF3N5O3. The maximum absolute atomic E-state index is 13.6. The van der Waals surface area contributed by atoms with Crippen molar-refractivity contribution in [1.29, 1.82) is 0 Å². The van der Waals surface area contributed by atoms with E-state index in [2.05, 4.69) is 20.4 Å². The number of hydrogen-bond donors (Lipinski definition) is 1. The topological polar surface area (TPSA) is 96.8 Å². The first-order chi connectivity index (χ1) is 18.5. The van der Waals surface area contributed by atoms with Crippen LogP contribution in [0.1, 0.15) is 47.1 Å². The van der Waals surface area contributed by atoms with Crippen molar-refractivity contribution < 1.29 is 27.5 Å². The summed E-state index contributed by atoms with van der Waals surface area (Å²) < 4.78 is 45.6. The lowest BCUT2D eigenvalue weighted by molar-refractivity contribution is -0.145. The van der Waals surface area contributed by atoms with E-state index in [1.807, 2.05) is 30.3 Å². The zero-order valence-corrected chi connectivity index (χ0v) is 22.0. The summed E-state index contributed by atoms with van der Waals surface area (Å²) in [6.45, 7) is 3.49. The van der Waals surface area contributed by atoms with Crippen LogP contribution in [0.4, 0.5) is 19.0 Å². The molecule has 0 saturated carbocycles. The molecule has 39 heavy (non-hydrogen) atoms. The van der Waals surface area contributed by atoms with Gasteiger partial charge in [0, 0.05) is 17.1 Å². The summed E-state index contributed by atoms with van der Waals surface area (Å²) in [4.78, 5) is 32.6. The van der Waals surface area contributed by atoms with Gasteiger partial charge in [-0.2, -0.15) is 18.3 Å². The van der Waals surface area contributed by atoms with Crippen molar-refractivity contribution in [3.8, 4) is 0 Å². The number of carbonyl (C=O) groups is 2. The number of nitrogens with zero attached hydrogens (tertiary/aromatic N) is 4. The number of aromatic nitrogens is 2. The molecule has 0 bridgehead atoms. The van der Waals surface area contributed by atoms with Crippen molar-refractivity contribution in [2.24, 2.45) is 11.0 Å². The third-order valence-corrected chi connectivity index (χ3v) is 6.43. The largest absolute Gasteiger partial charge is 0.467 e. The van der Waals surface area contributed by atoms with Crippen LogP contribution in [-0.2, 0) is 15.7 Å². The monoisotopic (exact) mass is 559 g/mol. The van der Waals surface area contributed by atoms with E-state index in [-0.39, 0.29) is 29.8 Å². The molecule has 1 aliphatic heterocycles. The fraction of sp³-hybridized carbons (Fsp3) is 0.296. The van der Waals surface area contributed by atoms with Gasteiger partial charge in [-0.1, -0.05) is 67.9 Å². The lowest BCUT2D eigenvalue weighted by Gasteiger charge is -2.22. The van der Waals surface area contributed by atoms with Crippen LogP contribution in [-0.4, -0.2) is 47.3 Å². The quantitative estimate of drug-likeness (QED) is 0.405. The summed E-state index contributed by atoms with van der Waals surface area (Å²) >= 11 is 6.06. The second-order valence-electron chi connectivity index (χ2n) is 9.18. The Hall–Kier alpha value is -3.99. The van der Waals surface area contributed by atoms with Crippen LogP contribution in [0.3, 0.4) is 0 Å². The molecule has 4 rings (SSSR count). The SMILES string of the molecule is COC(=O)[C@@H](NC(=O)c1cnc(C(F)(F)F)nc1N1C[C@H](c2ccccc2)C(c2ccc(Cl)cc2)=N1)C(C)C. The first kappa shape index (κ1) is 28.0. The molecule has 0 spiro atoms. The zero-order chi connectivity index (χ0) is 28.3. The van der Waals surface area contributed by atoms with Gasteiger partial charge >= 0.3 is 12.1 Å². The number of halogens is 4. The zero-order valence-electron chi connectivity index (χ0n) is 21.2. The number of carbonyl (C=O) groups excluding carboxylic acids is 2. The highest BCUT2D eigenvalue weighted by Gasteiger charge is 2.39. The van der Waals surface area contributed by atoms with Crippen LogP contribution in [0.25, 0.3) is 0 Å². The number of nitrogens with one attached hydrogen (secondary N) is 1. The van der Waals surface area contributed by atoms with Crippen LogP contribution < -0.4 is 10.3 Å². The van der Waals surface area contributed by atoms with Gasteiger partial charge in [-0.25, -0.2) is 19.8 Å². The normalized spacial score (nSPS) is 16.2. The van der Waals surface area contributed by atoms with Crippen LogP contribution in [0, 0.1) is 5.92 Å². The number of esters is 1. The molecule has 1 aromatic heterocycles. The van der Waals surface area contributed by atoms with Crippen LogP contribution in [0.15, 0.2) is 65.9 Å². The van der Waals surface area contributed by atoms with Crippen molar-refractivity contribution in [3.63, 3.8) is 0 Å². The number of benzene rings is 2. The highest BCUT2D eigenvalue weighted by molar-refractivity contribution is 6.30. The number of amides is 1. The van der Waals surface area contributed by atoms with E-state index in [4.69, 9.17) is 16.3 Å². The molecule has 0 aliphatic carbocycles. The van der Waals surface area contributed by atoms with Gasteiger partial charge in [0.15, 0.2) is 5.82 Å². The minimum Gasteiger partial charge on any atom is -0.467 e. The van der Waals surface area contributed by atoms with E-state index in [1.54, 1.807) is 38.1 Å². The molecule has 3 aromatic rings. The number of rotatable bonds is 7. The van der Waals surface area contributed by atoms with Crippen LogP contribution in [0.5, 0.6) is 0 Å². The molecule has 0 radical (unpaired) electrons. The average Bonchev–Trinajstić information content (AvgIpc) is 3.36. The number of methoxy groups -OCH3 is 1. The van der Waals surface area contributed by atoms with Gasteiger partial charge in [-0.15, -0.1) is 0 Å². The molecule has 2 heterocycles. The molecule has 0 unspecified atom stereocenters. The van der Waals surface area contributed by atoms with Crippen molar-refractivity contribution in [2.45, 2.75) is 32.0 Å². The minimum atomic E-state index is -4.86. The third kappa shape index (κ3) is 6.19. The first-order valence-electron chi connectivity index (χ1n) is 12.0. The Morgan fingerprint density at radius 2 is 1.77 bits per heavy atom. The molecule has 12 heteroatoms. The van der Waals surface area contributed by atoms with Gasteiger partial charge in [-0.05, 0) is 29.2 Å². The van der Waals surface area contributed by atoms with Gasteiger partial charge in [0.05, 0.1) is 19.4 Å². The van der Waals surface area contributed by atoms with Crippen molar-refractivity contribution in [2.75, 3.05) is 18.7 Å². The summed E-state index contributed by atoms with van der Waals surface area (Å²) in [5.74, 6) is -4.01. The summed E-state index contributed by atoms with van der Waals surface area (Å²) in [6.07, 6.45) is -4.07. The van der Waals surface area contributed by atoms with E-state index in [0.717, 1.165) is 11.8 Å². The molecule has 8 nitrogen and oxygen atoms in total. The lowest BCUT2D eigenvalue weighted by atomic mass is 9.90. The summed E-state index contributed by atoms with van der Waals surface area (Å²) in [5, 5.41) is 8.93. The fourth-order valence-electron chi connectivity index (χ4n) is 4.17. The molecule has 1 aliphatic rings. The van der Waals surface area contributed by atoms with E-state index >= 15 is 0 Å². The Morgan fingerprint density at radius 1 is 1.10 bits per heavy atom. The first-order valence-corrected chi connectivity index (χ1v) is 12.4. The van der Waals surface area contributed by atoms with Gasteiger partial charge in [0.2, 0.25) is 5.82 Å². The van der Waals surface area contributed by atoms with E-state index in [9.17, 15) is 22.8 Å². The van der Waals surface area contributed by atoms with E-state index in [0.29, 0.717) is 16.3 Å². The highest BCUT2D eigenvalue weighted by Crippen LogP contribution is 2.35. The standard InChI is InChI=1S/C27H25ClF3N5O3/c1-15(2)21(25(38)39-3)33-24(37)19-13-32-26(27(29,30)31)34-23(19)36-14-20(16-7-5-4-6-8-16)22(35-36)17-9-11-18(28)12-10-17/h4-13,15,20-21H,14H2,1-3H3,(H,33,37)/t20-,21+/m1/s1. The molecule has 2 atom stereocenters. The minimum absolute atomic E-state index is 0.0984. The maximum atomic E-state index is 13.6. The Morgan fingerprint density at radius 3 is 2.36 bits per heavy atom. The number of alkyl halides is 3. The van der Waals surface area contributed by atoms with Gasteiger partial charge in [-0.3, -0.25) is 4.79 Å². The molecule has 0 fully saturated rings. The summed E-state index contributed by atoms with van der Waals surface area (Å²) in [5.41, 5.74) is 1.87. The number of hydrogen-bond acceptors (Lipinski definition) is 7. The molecule has 1 N–H and O–H groups in total. The second-order valence-corrected chi connectivity index (χ2v) is 9.62. The van der Waals surface area contributed by atoms with Crippen LogP contribution >= 0.6 is 11.6 Å². The molecule has 2 aromatic carbocycles. The smallest absolute Gasteiger partial charge is 0.451 e. The predicted molar refractivity (Wildman–Crippen MR) is 140 cm³/mol.